The molecule has 0 aliphatic carbocycles. The fourth-order valence-electron chi connectivity index (χ4n) is 0.823. The van der Waals surface area contributed by atoms with Crippen LogP contribution < -0.4 is 0 Å². The van der Waals surface area contributed by atoms with Crippen LogP contribution in [0.25, 0.3) is 11.4 Å². The summed E-state index contributed by atoms with van der Waals surface area (Å²) in [4.78, 5) is 8.26. The average Bonchev–Trinajstić information content (AvgIpc) is 2.54. The average molecular weight is 226 g/mol. The molecule has 0 amide bonds. The largest absolute Gasteiger partial charge is 0.326 e. The van der Waals surface area contributed by atoms with E-state index in [1.807, 2.05) is 12.1 Å². The Bertz CT molecular complexity index is 373. The van der Waals surface area contributed by atoms with E-state index in [2.05, 4.69) is 31.1 Å². The fourth-order valence-corrected chi connectivity index (χ4v) is 1.06. The normalized spacial score (nSPS) is 10.1. The second kappa shape index (κ2) is 3.02. The molecule has 0 bridgehead atoms. The molecule has 12 heavy (non-hydrogen) atoms. The Kier molecular flexibility index (Phi) is 1.87. The number of pyridine rings is 1. The Labute approximate surface area is 76.8 Å². The minimum Gasteiger partial charge on any atom is -0.326 e. The Morgan fingerprint density at radius 3 is 2.58 bits per heavy atom. The van der Waals surface area contributed by atoms with Crippen LogP contribution in [0.4, 0.5) is 0 Å². The maximum Gasteiger partial charge on any atom is 0.294 e. The molecule has 0 spiro atoms. The summed E-state index contributed by atoms with van der Waals surface area (Å²) in [6.07, 6.45) is 3.36. The molecule has 2 aromatic rings. The number of hydrogen-bond acceptors (Lipinski definition) is 4. The third kappa shape index (κ3) is 1.35. The summed E-state index contributed by atoms with van der Waals surface area (Å²) in [5.74, 6) is 0.560. The maximum atomic E-state index is 4.75. The first kappa shape index (κ1) is 7.42. The molecule has 0 fully saturated rings. The van der Waals surface area contributed by atoms with Gasteiger partial charge in [0.15, 0.2) is 0 Å². The number of halogens is 1. The van der Waals surface area contributed by atoms with Gasteiger partial charge in [0.1, 0.15) is 0 Å². The Balaban J connectivity index is 2.45. The number of nitrogens with zero attached hydrogens (tertiary/aromatic N) is 3. The van der Waals surface area contributed by atoms with Crippen molar-refractivity contribution in [2.75, 3.05) is 0 Å². The molecular weight excluding hydrogens is 222 g/mol. The molecule has 0 aliphatic rings. The quantitative estimate of drug-likeness (QED) is 0.744. The van der Waals surface area contributed by atoms with Gasteiger partial charge in [-0.05, 0) is 12.1 Å². The summed E-state index contributed by atoms with van der Waals surface area (Å²) in [5, 5.41) is 3.73. The lowest BCUT2D eigenvalue weighted by atomic mass is 10.3. The molecule has 5 heteroatoms. The second-order valence-electron chi connectivity index (χ2n) is 2.11. The van der Waals surface area contributed by atoms with Gasteiger partial charge in [0.05, 0.1) is 0 Å². The molecule has 0 saturated carbocycles. The molecule has 2 rings (SSSR count). The summed E-state index contributed by atoms with van der Waals surface area (Å²) >= 11 is 3.07. The van der Waals surface area contributed by atoms with E-state index in [0.29, 0.717) is 10.6 Å². The van der Waals surface area contributed by atoms with Gasteiger partial charge in [-0.3, -0.25) is 4.98 Å². The van der Waals surface area contributed by atoms with E-state index in [0.717, 1.165) is 5.56 Å². The van der Waals surface area contributed by atoms with Gasteiger partial charge in [0.2, 0.25) is 5.82 Å². The highest BCUT2D eigenvalue weighted by atomic mass is 79.9. The van der Waals surface area contributed by atoms with Gasteiger partial charge in [-0.25, -0.2) is 0 Å². The van der Waals surface area contributed by atoms with E-state index < -0.39 is 0 Å². The van der Waals surface area contributed by atoms with Gasteiger partial charge in [-0.1, -0.05) is 5.16 Å². The molecule has 2 heterocycles. The van der Waals surface area contributed by atoms with E-state index in [1.165, 1.54) is 0 Å². The first-order valence-corrected chi connectivity index (χ1v) is 4.05. The lowest BCUT2D eigenvalue weighted by Crippen LogP contribution is -1.79. The zero-order valence-electron chi connectivity index (χ0n) is 5.94. The van der Waals surface area contributed by atoms with Crippen molar-refractivity contribution < 1.29 is 4.52 Å². The van der Waals surface area contributed by atoms with Crippen molar-refractivity contribution in [2.45, 2.75) is 0 Å². The van der Waals surface area contributed by atoms with Crippen LogP contribution in [0, 0.1) is 0 Å². The highest BCUT2D eigenvalue weighted by Gasteiger charge is 2.04. The first-order chi connectivity index (χ1) is 5.86. The van der Waals surface area contributed by atoms with Crippen molar-refractivity contribution in [1.82, 2.24) is 15.1 Å². The Morgan fingerprint density at radius 1 is 1.25 bits per heavy atom. The van der Waals surface area contributed by atoms with Crippen LogP contribution in [-0.2, 0) is 0 Å². The standard InChI is InChI=1S/C7H4BrN3O/c8-7-10-6(11-12-7)5-1-3-9-4-2-5/h1-4H. The summed E-state index contributed by atoms with van der Waals surface area (Å²) in [6.45, 7) is 0. The van der Waals surface area contributed by atoms with Crippen LogP contribution in [0.2, 0.25) is 0 Å². The van der Waals surface area contributed by atoms with E-state index in [9.17, 15) is 0 Å². The molecule has 60 valence electrons. The van der Waals surface area contributed by atoms with Gasteiger partial charge < -0.3 is 4.52 Å². The van der Waals surface area contributed by atoms with Crippen molar-refractivity contribution in [3.8, 4) is 11.4 Å². The predicted molar refractivity (Wildman–Crippen MR) is 45.2 cm³/mol. The van der Waals surface area contributed by atoms with Crippen LogP contribution in [0.5, 0.6) is 0 Å². The molecule has 0 atom stereocenters. The molecular formula is C7H4BrN3O. The summed E-state index contributed by atoms with van der Waals surface area (Å²) < 4.78 is 4.75. The highest BCUT2D eigenvalue weighted by molar-refractivity contribution is 9.10. The van der Waals surface area contributed by atoms with Crippen LogP contribution in [0.3, 0.4) is 0 Å². The minimum atomic E-state index is 0.384. The first-order valence-electron chi connectivity index (χ1n) is 3.26. The molecule has 4 nitrogen and oxygen atoms in total. The molecule has 2 aromatic heterocycles. The number of aromatic nitrogens is 3. The lowest BCUT2D eigenvalue weighted by molar-refractivity contribution is 0.397. The van der Waals surface area contributed by atoms with Gasteiger partial charge in [0, 0.05) is 33.9 Å². The summed E-state index contributed by atoms with van der Waals surface area (Å²) in [7, 11) is 0. The monoisotopic (exact) mass is 225 g/mol. The Morgan fingerprint density at radius 2 is 2.00 bits per heavy atom. The topological polar surface area (TPSA) is 51.8 Å². The zero-order valence-corrected chi connectivity index (χ0v) is 7.52. The molecule has 0 aromatic carbocycles. The van der Waals surface area contributed by atoms with Crippen LogP contribution in [-0.4, -0.2) is 15.1 Å². The van der Waals surface area contributed by atoms with Gasteiger partial charge in [-0.15, -0.1) is 0 Å². The molecule has 0 radical (unpaired) electrons. The SMILES string of the molecule is Brc1nc(-c2ccncc2)no1. The van der Waals surface area contributed by atoms with Crippen LogP contribution in [0.1, 0.15) is 0 Å². The number of hydrogen-bond donors (Lipinski definition) is 0. The Hall–Kier alpha value is -1.23. The smallest absolute Gasteiger partial charge is 0.294 e. The lowest BCUT2D eigenvalue weighted by Gasteiger charge is -1.88. The van der Waals surface area contributed by atoms with Crippen molar-refractivity contribution in [2.24, 2.45) is 0 Å². The van der Waals surface area contributed by atoms with Crippen molar-refractivity contribution in [3.63, 3.8) is 0 Å². The van der Waals surface area contributed by atoms with Gasteiger partial charge in [0.25, 0.3) is 4.80 Å². The van der Waals surface area contributed by atoms with Crippen LogP contribution in [0.15, 0.2) is 33.8 Å². The van der Waals surface area contributed by atoms with Crippen LogP contribution >= 0.6 is 15.9 Å². The van der Waals surface area contributed by atoms with Crippen molar-refractivity contribution in [1.29, 1.82) is 0 Å². The molecule has 0 unspecified atom stereocenters. The molecule has 0 aliphatic heterocycles. The van der Waals surface area contributed by atoms with E-state index in [4.69, 9.17) is 4.52 Å². The van der Waals surface area contributed by atoms with Gasteiger partial charge in [-0.2, -0.15) is 4.98 Å². The van der Waals surface area contributed by atoms with E-state index >= 15 is 0 Å². The van der Waals surface area contributed by atoms with E-state index in [-0.39, 0.29) is 0 Å². The summed E-state index contributed by atoms with van der Waals surface area (Å²) in [5.41, 5.74) is 0.888. The number of rotatable bonds is 1. The minimum absolute atomic E-state index is 0.384. The maximum absolute atomic E-state index is 4.75. The zero-order chi connectivity index (χ0) is 8.39. The second-order valence-corrected chi connectivity index (χ2v) is 2.79. The van der Waals surface area contributed by atoms with Crippen molar-refractivity contribution in [3.05, 3.63) is 29.3 Å². The molecule has 0 saturated heterocycles. The highest BCUT2D eigenvalue weighted by Crippen LogP contribution is 2.15. The summed E-state index contributed by atoms with van der Waals surface area (Å²) in [6, 6.07) is 3.63. The third-order valence-corrected chi connectivity index (χ3v) is 1.66. The third-order valence-electron chi connectivity index (χ3n) is 1.34. The van der Waals surface area contributed by atoms with E-state index in [1.54, 1.807) is 12.4 Å². The molecule has 0 N–H and O–H groups in total. The van der Waals surface area contributed by atoms with Gasteiger partial charge >= 0.3 is 0 Å². The fraction of sp³-hybridized carbons (Fsp3) is 0. The van der Waals surface area contributed by atoms with Crippen molar-refractivity contribution >= 4 is 15.9 Å². The predicted octanol–water partition coefficient (Wildman–Crippen LogP) is 1.89.